The Balaban J connectivity index is 3.65. The smallest absolute Gasteiger partial charge is 0.303 e. The van der Waals surface area contributed by atoms with Gasteiger partial charge in [-0.1, -0.05) is 67.7 Å². The van der Waals surface area contributed by atoms with Crippen LogP contribution in [0.4, 0.5) is 0 Å². The predicted octanol–water partition coefficient (Wildman–Crippen LogP) is 4.96. The van der Waals surface area contributed by atoms with Crippen LogP contribution in [0.5, 0.6) is 0 Å². The van der Waals surface area contributed by atoms with Gasteiger partial charge in [-0.05, 0) is 38.5 Å². The third-order valence-corrected chi connectivity index (χ3v) is 3.02. The molecule has 0 radical (unpaired) electrons. The molecule has 0 bridgehead atoms. The van der Waals surface area contributed by atoms with Crippen LogP contribution in [0.2, 0.25) is 0 Å². The average molecular weight is 318 g/mol. The van der Waals surface area contributed by atoms with E-state index in [0.717, 1.165) is 25.7 Å². The van der Waals surface area contributed by atoms with Crippen molar-refractivity contribution < 1.29 is 15.0 Å². The Morgan fingerprint density at radius 3 is 2.04 bits per heavy atom. The van der Waals surface area contributed by atoms with Gasteiger partial charge in [0.2, 0.25) is 0 Å². The van der Waals surface area contributed by atoms with E-state index >= 15 is 0 Å². The van der Waals surface area contributed by atoms with E-state index in [1.807, 2.05) is 12.2 Å². The third-order valence-electron chi connectivity index (χ3n) is 3.02. The maximum absolute atomic E-state index is 10.3. The third kappa shape index (κ3) is 18.1. The molecule has 0 aliphatic carbocycles. The molecule has 0 saturated carbocycles. The van der Waals surface area contributed by atoms with E-state index in [-0.39, 0.29) is 6.42 Å². The van der Waals surface area contributed by atoms with E-state index in [2.05, 4.69) is 43.4 Å². The molecule has 0 heterocycles. The topological polar surface area (TPSA) is 57.5 Å². The number of allylic oxidation sites excluding steroid dienone is 9. The molecule has 128 valence electrons. The zero-order chi connectivity index (χ0) is 17.2. The van der Waals surface area contributed by atoms with Gasteiger partial charge in [0.15, 0.2) is 0 Å². The van der Waals surface area contributed by atoms with Crippen molar-refractivity contribution in [2.75, 3.05) is 0 Å². The lowest BCUT2D eigenvalue weighted by molar-refractivity contribution is -0.137. The molecular formula is C20H30O3. The SMILES string of the molecule is CC/C=C\C/C=C\C/C=C\C/C=C\C=C\C(O)CCCC(=O)O. The summed E-state index contributed by atoms with van der Waals surface area (Å²) in [6, 6.07) is 0. The Morgan fingerprint density at radius 2 is 1.48 bits per heavy atom. The molecule has 0 fully saturated rings. The molecule has 3 nitrogen and oxygen atoms in total. The highest BCUT2D eigenvalue weighted by molar-refractivity contribution is 5.66. The number of aliphatic carboxylic acids is 1. The first-order valence-electron chi connectivity index (χ1n) is 8.35. The first-order chi connectivity index (χ1) is 11.2. The largest absolute Gasteiger partial charge is 0.481 e. The van der Waals surface area contributed by atoms with Crippen LogP contribution < -0.4 is 0 Å². The summed E-state index contributed by atoms with van der Waals surface area (Å²) in [5.41, 5.74) is 0. The molecule has 0 aromatic carbocycles. The van der Waals surface area contributed by atoms with Crippen LogP contribution in [0, 0.1) is 0 Å². The molecule has 0 aliphatic rings. The first-order valence-corrected chi connectivity index (χ1v) is 8.35. The fraction of sp³-hybridized carbons (Fsp3) is 0.450. The fourth-order valence-corrected chi connectivity index (χ4v) is 1.79. The minimum atomic E-state index is -0.819. The number of aliphatic hydroxyl groups excluding tert-OH is 1. The highest BCUT2D eigenvalue weighted by Gasteiger charge is 2.01. The Hall–Kier alpha value is -1.87. The molecule has 0 rings (SSSR count). The van der Waals surface area contributed by atoms with E-state index in [1.165, 1.54) is 0 Å². The molecule has 0 aromatic heterocycles. The van der Waals surface area contributed by atoms with Crippen molar-refractivity contribution in [1.29, 1.82) is 0 Å². The number of aliphatic hydroxyl groups is 1. The molecule has 23 heavy (non-hydrogen) atoms. The van der Waals surface area contributed by atoms with Gasteiger partial charge in [-0.3, -0.25) is 4.79 Å². The average Bonchev–Trinajstić information content (AvgIpc) is 2.51. The zero-order valence-electron chi connectivity index (χ0n) is 14.1. The lowest BCUT2D eigenvalue weighted by Crippen LogP contribution is -2.03. The van der Waals surface area contributed by atoms with E-state index in [9.17, 15) is 9.90 Å². The number of rotatable bonds is 13. The minimum absolute atomic E-state index is 0.106. The summed E-state index contributed by atoms with van der Waals surface area (Å²) in [5, 5.41) is 18.1. The molecule has 0 spiro atoms. The highest BCUT2D eigenvalue weighted by Crippen LogP contribution is 2.02. The second-order valence-corrected chi connectivity index (χ2v) is 5.20. The van der Waals surface area contributed by atoms with Crippen LogP contribution in [-0.2, 0) is 4.79 Å². The summed E-state index contributed by atoms with van der Waals surface area (Å²) >= 11 is 0. The van der Waals surface area contributed by atoms with Crippen molar-refractivity contribution >= 4 is 5.97 Å². The van der Waals surface area contributed by atoms with Gasteiger partial charge in [-0.15, -0.1) is 0 Å². The van der Waals surface area contributed by atoms with Gasteiger partial charge in [0.1, 0.15) is 0 Å². The minimum Gasteiger partial charge on any atom is -0.481 e. The molecule has 1 atom stereocenters. The Labute approximate surface area is 140 Å². The standard InChI is InChI=1S/C20H30O3/c1-2-3-4-5-6-7-8-9-10-11-12-13-14-16-19(21)17-15-18-20(22)23/h3-4,6-7,9-10,12-14,16,19,21H,2,5,8,11,15,17-18H2,1H3,(H,22,23)/b4-3-,7-6-,10-9-,13-12-,16-14+. The molecule has 0 amide bonds. The molecule has 0 aliphatic heterocycles. The van der Waals surface area contributed by atoms with Crippen molar-refractivity contribution in [2.45, 2.75) is 58.0 Å². The summed E-state index contributed by atoms with van der Waals surface area (Å²) in [5.74, 6) is -0.819. The molecule has 1 unspecified atom stereocenters. The second-order valence-electron chi connectivity index (χ2n) is 5.20. The quantitative estimate of drug-likeness (QED) is 0.372. The molecule has 2 N–H and O–H groups in total. The number of carbonyl (C=O) groups is 1. The summed E-state index contributed by atoms with van der Waals surface area (Å²) in [6.45, 7) is 2.13. The Bertz CT molecular complexity index is 428. The normalized spacial score (nSPS) is 14.2. The van der Waals surface area contributed by atoms with Crippen LogP contribution >= 0.6 is 0 Å². The Morgan fingerprint density at radius 1 is 0.913 bits per heavy atom. The monoisotopic (exact) mass is 318 g/mol. The van der Waals surface area contributed by atoms with Crippen LogP contribution in [0.25, 0.3) is 0 Å². The van der Waals surface area contributed by atoms with E-state index in [0.29, 0.717) is 12.8 Å². The summed E-state index contributed by atoms with van der Waals surface area (Å²) in [4.78, 5) is 10.3. The number of hydrogen-bond donors (Lipinski definition) is 2. The van der Waals surface area contributed by atoms with Crippen LogP contribution in [0.15, 0.2) is 60.8 Å². The first kappa shape index (κ1) is 21.1. The van der Waals surface area contributed by atoms with Gasteiger partial charge in [0.05, 0.1) is 6.10 Å². The maximum atomic E-state index is 10.3. The van der Waals surface area contributed by atoms with Crippen molar-refractivity contribution in [3.63, 3.8) is 0 Å². The molecular weight excluding hydrogens is 288 g/mol. The molecule has 3 heteroatoms. The van der Waals surface area contributed by atoms with Crippen LogP contribution in [0.1, 0.15) is 51.9 Å². The summed E-state index contributed by atoms with van der Waals surface area (Å²) < 4.78 is 0. The Kier molecular flexibility index (Phi) is 15.2. The highest BCUT2D eigenvalue weighted by atomic mass is 16.4. The summed E-state index contributed by atoms with van der Waals surface area (Å²) in [7, 11) is 0. The fourth-order valence-electron chi connectivity index (χ4n) is 1.79. The van der Waals surface area contributed by atoms with E-state index < -0.39 is 12.1 Å². The number of carboxylic acids is 1. The van der Waals surface area contributed by atoms with E-state index in [4.69, 9.17) is 5.11 Å². The zero-order valence-corrected chi connectivity index (χ0v) is 14.1. The van der Waals surface area contributed by atoms with Gasteiger partial charge >= 0.3 is 5.97 Å². The van der Waals surface area contributed by atoms with Crippen molar-refractivity contribution in [1.82, 2.24) is 0 Å². The summed E-state index contributed by atoms with van der Waals surface area (Å²) in [6.07, 6.45) is 24.7. The molecule has 0 saturated heterocycles. The van der Waals surface area contributed by atoms with Gasteiger partial charge in [0.25, 0.3) is 0 Å². The van der Waals surface area contributed by atoms with Gasteiger partial charge < -0.3 is 10.2 Å². The number of hydrogen-bond acceptors (Lipinski definition) is 2. The predicted molar refractivity (Wildman–Crippen MR) is 97.3 cm³/mol. The van der Waals surface area contributed by atoms with Crippen molar-refractivity contribution in [3.05, 3.63) is 60.8 Å². The maximum Gasteiger partial charge on any atom is 0.303 e. The lowest BCUT2D eigenvalue weighted by atomic mass is 10.1. The van der Waals surface area contributed by atoms with Gasteiger partial charge in [-0.2, -0.15) is 0 Å². The second kappa shape index (κ2) is 16.5. The van der Waals surface area contributed by atoms with Crippen LogP contribution in [0.3, 0.4) is 0 Å². The molecule has 0 aromatic rings. The number of carboxylic acid groups (broad SMARTS) is 1. The van der Waals surface area contributed by atoms with Crippen molar-refractivity contribution in [3.8, 4) is 0 Å². The van der Waals surface area contributed by atoms with Crippen molar-refractivity contribution in [2.24, 2.45) is 0 Å². The van der Waals surface area contributed by atoms with E-state index in [1.54, 1.807) is 12.2 Å². The lowest BCUT2D eigenvalue weighted by Gasteiger charge is -2.02. The van der Waals surface area contributed by atoms with Crippen LogP contribution in [-0.4, -0.2) is 22.3 Å². The van der Waals surface area contributed by atoms with Gasteiger partial charge in [-0.25, -0.2) is 0 Å². The van der Waals surface area contributed by atoms with Gasteiger partial charge in [0, 0.05) is 6.42 Å².